The van der Waals surface area contributed by atoms with Gasteiger partial charge in [-0.1, -0.05) is 360 Å². The van der Waals surface area contributed by atoms with Gasteiger partial charge in [-0.2, -0.15) is 0 Å². The number of halogens is 2. The van der Waals surface area contributed by atoms with Gasteiger partial charge in [0.05, 0.1) is 47.4 Å². The zero-order valence-corrected chi connectivity index (χ0v) is 60.3. The van der Waals surface area contributed by atoms with Crippen LogP contribution in [-0.2, 0) is 12.9 Å². The fourth-order valence-electron chi connectivity index (χ4n) is 12.7. The van der Waals surface area contributed by atoms with E-state index in [2.05, 4.69) is 191 Å². The maximum absolute atomic E-state index is 6.89. The Balaban J connectivity index is 0.00000448. The van der Waals surface area contributed by atoms with Gasteiger partial charge in [0.25, 0.3) is 0 Å². The Kier molecular flexibility index (Phi) is 40.4. The number of aromatic nitrogens is 1. The number of nitrogens with zero attached hydrogens (tertiary/aromatic N) is 3. The molecule has 0 aliphatic carbocycles. The number of benzene rings is 6. The molecule has 1 aromatic heterocycles. The van der Waals surface area contributed by atoms with Crippen LogP contribution in [0.15, 0.2) is 174 Å². The van der Waals surface area contributed by atoms with Crippen LogP contribution in [-0.4, -0.2) is 29.6 Å². The van der Waals surface area contributed by atoms with Crippen LogP contribution in [0.2, 0.25) is 0 Å². The van der Waals surface area contributed by atoms with E-state index in [0.29, 0.717) is 26.1 Å². The zero-order chi connectivity index (χ0) is 65.4. The molecule has 0 saturated heterocycles. The minimum atomic E-state index is 0.382. The SMILES string of the molecule is CCCCCCCCCCCCCCCCCCCCOc1c(-c2ccccc2)cc(N=C(C)c2cccc(C(C)=Nc3cc(-c4ccccc4)c(OCCCCCCCCCCCCCCCCCCCC)c(-c4ccccc4)c3)n2)cc1-c1ccccc1.[Cl][Co][Cl]. The van der Waals surface area contributed by atoms with E-state index in [1.807, 2.05) is 0 Å². The first-order valence-electron chi connectivity index (χ1n) is 36.7. The van der Waals surface area contributed by atoms with E-state index in [1.165, 1.54) is 218 Å². The molecule has 8 heteroatoms. The van der Waals surface area contributed by atoms with Crippen molar-refractivity contribution >= 4 is 43.1 Å². The molecule has 0 N–H and O–H groups in total. The molecule has 0 atom stereocenters. The van der Waals surface area contributed by atoms with Crippen molar-refractivity contribution in [3.8, 4) is 56.0 Å². The topological polar surface area (TPSA) is 56.1 Å². The molecule has 0 amide bonds. The van der Waals surface area contributed by atoms with Crippen LogP contribution >= 0.6 is 20.3 Å². The number of hydrogen-bond donors (Lipinski definition) is 0. The van der Waals surface area contributed by atoms with Gasteiger partial charge in [0.2, 0.25) is 0 Å². The summed E-state index contributed by atoms with van der Waals surface area (Å²) in [5.74, 6) is 1.82. The summed E-state index contributed by atoms with van der Waals surface area (Å²) in [6.07, 6.45) is 49.0. The van der Waals surface area contributed by atoms with Crippen LogP contribution in [0.5, 0.6) is 11.5 Å². The fraction of sp³-hybridized carbons (Fsp3) is 0.494. The Labute approximate surface area is 579 Å². The first-order valence-corrected chi connectivity index (χ1v) is 39.6. The van der Waals surface area contributed by atoms with Crippen molar-refractivity contribution < 1.29 is 22.4 Å². The monoisotopic (exact) mass is 1340 g/mol. The molecule has 0 bridgehead atoms. The van der Waals surface area contributed by atoms with Crippen LogP contribution in [0, 0.1) is 0 Å². The summed E-state index contributed by atoms with van der Waals surface area (Å²) in [4.78, 5) is 15.9. The van der Waals surface area contributed by atoms with Crippen molar-refractivity contribution in [2.75, 3.05) is 13.2 Å². The van der Waals surface area contributed by atoms with Gasteiger partial charge in [-0.15, -0.1) is 0 Å². The van der Waals surface area contributed by atoms with E-state index in [-0.39, 0.29) is 0 Å². The average molecular weight is 1340 g/mol. The Hall–Kier alpha value is -5.50. The number of hydrogen-bond acceptors (Lipinski definition) is 5. The molecule has 7 rings (SSSR count). The summed E-state index contributed by atoms with van der Waals surface area (Å²) in [6, 6.07) is 57.5. The van der Waals surface area contributed by atoms with Crippen LogP contribution in [0.4, 0.5) is 11.4 Å². The van der Waals surface area contributed by atoms with Crippen LogP contribution in [0.25, 0.3) is 44.5 Å². The standard InChI is InChI=1S/C85H115N3O2.2ClH.Co/c1-5-7-9-11-13-15-17-19-21-23-25-27-29-31-33-35-37-51-64-89-84-78(72-54-43-39-44-55-72)66-76(67-79(84)73-56-45-40-46-57-73)86-70(3)82-62-53-63-83(88-82)71(4)87-77-68-80(74-58-47-41-48-59-74)85(81(69-77)75-60-49-42-50-61-75)90-65-52-38-36-34-32-30-28-26-24-22-20-18-16-14-12-10-8-6-2;;;/h39-50,53-63,66-69H,5-38,51-52,64-65H2,1-4H3;2*1H;/q;;;+2/p-2. The molecule has 1 heterocycles. The van der Waals surface area contributed by atoms with Gasteiger partial charge in [0, 0.05) is 22.3 Å². The molecule has 0 aliphatic rings. The van der Waals surface area contributed by atoms with Crippen LogP contribution in [0.3, 0.4) is 0 Å². The molecule has 505 valence electrons. The molecule has 6 aromatic carbocycles. The number of ether oxygens (including phenoxy) is 2. The number of rotatable bonds is 48. The normalized spacial score (nSPS) is 11.7. The van der Waals surface area contributed by atoms with E-state index in [4.69, 9.17) is 44.7 Å². The van der Waals surface area contributed by atoms with E-state index < -0.39 is 0 Å². The summed E-state index contributed by atoms with van der Waals surface area (Å²) in [5.41, 5.74) is 13.6. The zero-order valence-electron chi connectivity index (χ0n) is 57.7. The van der Waals surface area contributed by atoms with Gasteiger partial charge in [-0.3, -0.25) is 9.98 Å². The third-order valence-corrected chi connectivity index (χ3v) is 18.1. The average Bonchev–Trinajstić information content (AvgIpc) is 0.844. The van der Waals surface area contributed by atoms with Gasteiger partial charge < -0.3 is 9.47 Å². The van der Waals surface area contributed by atoms with Crippen LogP contribution < -0.4 is 9.47 Å². The molecule has 0 fully saturated rings. The Morgan fingerprint density at radius 3 is 0.753 bits per heavy atom. The van der Waals surface area contributed by atoms with Crippen LogP contribution in [0.1, 0.15) is 270 Å². The van der Waals surface area contributed by atoms with E-state index in [1.54, 1.807) is 0 Å². The summed E-state index contributed by atoms with van der Waals surface area (Å²) < 4.78 is 13.8. The fourth-order valence-corrected chi connectivity index (χ4v) is 12.7. The number of unbranched alkanes of at least 4 members (excludes halogenated alkanes) is 34. The molecular formula is C85H115Cl2CoN3O2. The molecule has 0 radical (unpaired) electrons. The second-order valence-electron chi connectivity index (χ2n) is 25.8. The maximum atomic E-state index is 6.89. The predicted octanol–water partition coefficient (Wildman–Crippen LogP) is 28.2. The first kappa shape index (κ1) is 76.5. The van der Waals surface area contributed by atoms with E-state index in [0.717, 1.165) is 103 Å². The molecular weight excluding hydrogens is 1220 g/mol. The van der Waals surface area contributed by atoms with Gasteiger partial charge in [-0.25, -0.2) is 4.98 Å². The second kappa shape index (κ2) is 49.1. The van der Waals surface area contributed by atoms with Gasteiger partial charge in [-0.05, 0) is 85.3 Å². The van der Waals surface area contributed by atoms with Crippen molar-refractivity contribution in [2.45, 2.75) is 259 Å². The summed E-state index contributed by atoms with van der Waals surface area (Å²) in [7, 11) is 9.47. The van der Waals surface area contributed by atoms with E-state index in [9.17, 15) is 0 Å². The predicted molar refractivity (Wildman–Crippen MR) is 403 cm³/mol. The Morgan fingerprint density at radius 2 is 0.527 bits per heavy atom. The van der Waals surface area contributed by atoms with Gasteiger partial charge >= 0.3 is 33.2 Å². The van der Waals surface area contributed by atoms with Gasteiger partial charge in [0.1, 0.15) is 11.5 Å². The van der Waals surface area contributed by atoms with Crippen molar-refractivity contribution in [1.29, 1.82) is 0 Å². The van der Waals surface area contributed by atoms with E-state index >= 15 is 0 Å². The third-order valence-electron chi connectivity index (χ3n) is 18.1. The van der Waals surface area contributed by atoms with Crippen molar-refractivity contribution in [1.82, 2.24) is 4.98 Å². The molecule has 0 saturated carbocycles. The molecule has 5 nitrogen and oxygen atoms in total. The summed E-state index contributed by atoms with van der Waals surface area (Å²) in [6.45, 7) is 10.1. The third kappa shape index (κ3) is 30.4. The summed E-state index contributed by atoms with van der Waals surface area (Å²) in [5, 5.41) is 0. The van der Waals surface area contributed by atoms with Gasteiger partial charge in [0.15, 0.2) is 0 Å². The number of pyridine rings is 1. The quantitative estimate of drug-likeness (QED) is 0.0282. The van der Waals surface area contributed by atoms with Crippen molar-refractivity contribution in [2.24, 2.45) is 9.98 Å². The molecule has 0 spiro atoms. The minimum absolute atomic E-state index is 0.382. The Bertz CT molecular complexity index is 2770. The van der Waals surface area contributed by atoms with Crippen molar-refractivity contribution in [3.63, 3.8) is 0 Å². The number of aliphatic imine (C=N–C) groups is 2. The Morgan fingerprint density at radius 1 is 0.312 bits per heavy atom. The first-order chi connectivity index (χ1) is 45.9. The second-order valence-corrected chi connectivity index (χ2v) is 27.5. The molecule has 7 aromatic rings. The molecule has 0 aliphatic heterocycles. The molecule has 93 heavy (non-hydrogen) atoms. The summed E-state index contributed by atoms with van der Waals surface area (Å²) >= 11 is 0.382. The van der Waals surface area contributed by atoms with Crippen molar-refractivity contribution in [3.05, 3.63) is 175 Å². The molecule has 0 unspecified atom stereocenters.